The molecule has 0 aliphatic heterocycles. The van der Waals surface area contributed by atoms with Crippen LogP contribution in [0.1, 0.15) is 5.56 Å². The minimum atomic E-state index is -0.154. The van der Waals surface area contributed by atoms with Gasteiger partial charge in [-0.25, -0.2) is 0 Å². The highest BCUT2D eigenvalue weighted by Crippen LogP contribution is 2.13. The molecule has 0 heterocycles. The zero-order chi connectivity index (χ0) is 13.5. The Hall–Kier alpha value is -2.80. The maximum Gasteiger partial charge on any atom is 0.243 e. The topological polar surface area (TPSA) is 64.9 Å². The lowest BCUT2D eigenvalue weighted by Crippen LogP contribution is -2.22. The average Bonchev–Trinajstić information content (AvgIpc) is 2.46. The molecule has 19 heavy (non-hydrogen) atoms. The van der Waals surface area contributed by atoms with Crippen LogP contribution >= 0.6 is 0 Å². The molecule has 4 nitrogen and oxygen atoms in total. The number of amides is 1. The van der Waals surface area contributed by atoms with Crippen LogP contribution in [0.25, 0.3) is 0 Å². The van der Waals surface area contributed by atoms with Gasteiger partial charge in [-0.2, -0.15) is 5.26 Å². The van der Waals surface area contributed by atoms with Gasteiger partial charge in [0.15, 0.2) is 0 Å². The molecule has 1 amide bonds. The van der Waals surface area contributed by atoms with Crippen LogP contribution in [0, 0.1) is 11.3 Å². The second kappa shape index (κ2) is 6.22. The first-order valence-corrected chi connectivity index (χ1v) is 5.87. The summed E-state index contributed by atoms with van der Waals surface area (Å²) in [6.07, 6.45) is 0. The van der Waals surface area contributed by atoms with Gasteiger partial charge < -0.3 is 10.6 Å². The lowest BCUT2D eigenvalue weighted by atomic mass is 10.2. The lowest BCUT2D eigenvalue weighted by molar-refractivity contribution is -0.114. The molecule has 0 saturated carbocycles. The number of nitrogens with zero attached hydrogens (tertiary/aromatic N) is 1. The van der Waals surface area contributed by atoms with Gasteiger partial charge in [-0.3, -0.25) is 4.79 Å². The van der Waals surface area contributed by atoms with E-state index in [-0.39, 0.29) is 12.5 Å². The van der Waals surface area contributed by atoms with E-state index in [9.17, 15) is 4.79 Å². The summed E-state index contributed by atoms with van der Waals surface area (Å²) in [6, 6.07) is 18.4. The Labute approximate surface area is 111 Å². The third-order valence-corrected chi connectivity index (χ3v) is 2.54. The van der Waals surface area contributed by atoms with Gasteiger partial charge in [0.05, 0.1) is 17.8 Å². The first-order chi connectivity index (χ1) is 9.29. The summed E-state index contributed by atoms with van der Waals surface area (Å²) in [4.78, 5) is 11.7. The molecule has 0 aromatic heterocycles. The van der Waals surface area contributed by atoms with E-state index < -0.39 is 0 Å². The van der Waals surface area contributed by atoms with Crippen LogP contribution in [0.4, 0.5) is 11.4 Å². The Morgan fingerprint density at radius 1 is 1.05 bits per heavy atom. The number of nitriles is 1. The van der Waals surface area contributed by atoms with E-state index in [1.54, 1.807) is 18.2 Å². The van der Waals surface area contributed by atoms with Crippen LogP contribution in [0.2, 0.25) is 0 Å². The van der Waals surface area contributed by atoms with Crippen LogP contribution < -0.4 is 10.6 Å². The van der Waals surface area contributed by atoms with Crippen molar-refractivity contribution in [3.63, 3.8) is 0 Å². The Morgan fingerprint density at radius 3 is 2.47 bits per heavy atom. The summed E-state index contributed by atoms with van der Waals surface area (Å²) in [6.45, 7) is 0.119. The van der Waals surface area contributed by atoms with Gasteiger partial charge >= 0.3 is 0 Å². The molecule has 0 saturated heterocycles. The second-order valence-electron chi connectivity index (χ2n) is 3.93. The highest BCUT2D eigenvalue weighted by atomic mass is 16.1. The molecule has 0 aliphatic carbocycles. The molecule has 0 radical (unpaired) electrons. The Morgan fingerprint density at radius 2 is 1.74 bits per heavy atom. The number of carbonyl (C=O) groups excluding carboxylic acids is 1. The van der Waals surface area contributed by atoms with Crippen molar-refractivity contribution in [1.29, 1.82) is 5.26 Å². The number of benzene rings is 2. The van der Waals surface area contributed by atoms with Crippen molar-refractivity contribution in [3.8, 4) is 6.07 Å². The summed E-state index contributed by atoms with van der Waals surface area (Å²) in [5.41, 5.74) is 1.94. The predicted octanol–water partition coefficient (Wildman–Crippen LogP) is 2.61. The first-order valence-electron chi connectivity index (χ1n) is 5.87. The van der Waals surface area contributed by atoms with Gasteiger partial charge in [0.2, 0.25) is 5.91 Å². The molecule has 2 aromatic carbocycles. The molecular weight excluding hydrogens is 238 g/mol. The summed E-state index contributed by atoms with van der Waals surface area (Å²) in [5, 5.41) is 14.6. The SMILES string of the molecule is N#Cc1ccccc1NCC(=O)Nc1ccccc1. The first kappa shape index (κ1) is 12.7. The van der Waals surface area contributed by atoms with Gasteiger partial charge in [0.25, 0.3) is 0 Å². The van der Waals surface area contributed by atoms with Crippen LogP contribution in [0.3, 0.4) is 0 Å². The minimum absolute atomic E-state index is 0.119. The van der Waals surface area contributed by atoms with E-state index in [0.717, 1.165) is 5.69 Å². The smallest absolute Gasteiger partial charge is 0.243 e. The van der Waals surface area contributed by atoms with E-state index in [4.69, 9.17) is 5.26 Å². The number of nitrogens with one attached hydrogen (secondary N) is 2. The molecule has 0 atom stereocenters. The lowest BCUT2D eigenvalue weighted by Gasteiger charge is -2.08. The van der Waals surface area contributed by atoms with Crippen molar-refractivity contribution in [3.05, 3.63) is 60.2 Å². The molecule has 2 N–H and O–H groups in total. The maximum atomic E-state index is 11.7. The van der Waals surface area contributed by atoms with Gasteiger partial charge in [-0.05, 0) is 24.3 Å². The van der Waals surface area contributed by atoms with Gasteiger partial charge in [-0.1, -0.05) is 30.3 Å². The van der Waals surface area contributed by atoms with E-state index in [2.05, 4.69) is 16.7 Å². The van der Waals surface area contributed by atoms with Crippen LogP contribution in [-0.4, -0.2) is 12.5 Å². The van der Waals surface area contributed by atoms with Crippen molar-refractivity contribution in [2.75, 3.05) is 17.2 Å². The van der Waals surface area contributed by atoms with Crippen molar-refractivity contribution in [2.45, 2.75) is 0 Å². The minimum Gasteiger partial charge on any atom is -0.375 e. The standard InChI is InChI=1S/C15H13N3O/c16-10-12-6-4-5-9-14(12)17-11-15(19)18-13-7-2-1-3-8-13/h1-9,17H,11H2,(H,18,19). The number of para-hydroxylation sites is 2. The summed E-state index contributed by atoms with van der Waals surface area (Å²) >= 11 is 0. The monoisotopic (exact) mass is 251 g/mol. The Bertz CT molecular complexity index is 602. The zero-order valence-electron chi connectivity index (χ0n) is 10.3. The number of hydrogen-bond donors (Lipinski definition) is 2. The van der Waals surface area contributed by atoms with Gasteiger partial charge in [0, 0.05) is 5.69 Å². The molecule has 2 aromatic rings. The molecule has 4 heteroatoms. The fraction of sp³-hybridized carbons (Fsp3) is 0.0667. The van der Waals surface area contributed by atoms with Gasteiger partial charge in [-0.15, -0.1) is 0 Å². The van der Waals surface area contributed by atoms with Crippen LogP contribution in [0.5, 0.6) is 0 Å². The predicted molar refractivity (Wildman–Crippen MR) is 74.7 cm³/mol. The van der Waals surface area contributed by atoms with Crippen LogP contribution in [0.15, 0.2) is 54.6 Å². The van der Waals surface area contributed by atoms with Crippen molar-refractivity contribution >= 4 is 17.3 Å². The van der Waals surface area contributed by atoms with E-state index in [1.807, 2.05) is 36.4 Å². The van der Waals surface area contributed by atoms with Crippen molar-refractivity contribution < 1.29 is 4.79 Å². The fourth-order valence-corrected chi connectivity index (χ4v) is 1.64. The van der Waals surface area contributed by atoms with E-state index >= 15 is 0 Å². The molecule has 0 unspecified atom stereocenters. The van der Waals surface area contributed by atoms with Gasteiger partial charge in [0.1, 0.15) is 6.07 Å². The Kier molecular flexibility index (Phi) is 4.14. The fourth-order valence-electron chi connectivity index (χ4n) is 1.64. The van der Waals surface area contributed by atoms with Crippen molar-refractivity contribution in [1.82, 2.24) is 0 Å². The summed E-state index contributed by atoms with van der Waals surface area (Å²) < 4.78 is 0. The van der Waals surface area contributed by atoms with E-state index in [1.165, 1.54) is 0 Å². The zero-order valence-corrected chi connectivity index (χ0v) is 10.3. The van der Waals surface area contributed by atoms with E-state index in [0.29, 0.717) is 11.3 Å². The number of anilines is 2. The Balaban J connectivity index is 1.92. The number of hydrogen-bond acceptors (Lipinski definition) is 3. The molecular formula is C15H13N3O. The molecule has 0 fully saturated rings. The highest BCUT2D eigenvalue weighted by molar-refractivity contribution is 5.93. The third kappa shape index (κ3) is 3.58. The average molecular weight is 251 g/mol. The molecule has 94 valence electrons. The van der Waals surface area contributed by atoms with Crippen molar-refractivity contribution in [2.24, 2.45) is 0 Å². The second-order valence-corrected chi connectivity index (χ2v) is 3.93. The quantitative estimate of drug-likeness (QED) is 0.877. The molecule has 2 rings (SSSR count). The summed E-state index contributed by atoms with van der Waals surface area (Å²) in [7, 11) is 0. The summed E-state index contributed by atoms with van der Waals surface area (Å²) in [5.74, 6) is -0.154. The third-order valence-electron chi connectivity index (χ3n) is 2.54. The molecule has 0 spiro atoms. The number of carbonyl (C=O) groups is 1. The largest absolute Gasteiger partial charge is 0.375 e. The van der Waals surface area contributed by atoms with Crippen LogP contribution in [-0.2, 0) is 4.79 Å². The highest BCUT2D eigenvalue weighted by Gasteiger charge is 2.04. The molecule has 0 aliphatic rings. The molecule has 0 bridgehead atoms. The number of rotatable bonds is 4. The normalized spacial score (nSPS) is 9.42. The maximum absolute atomic E-state index is 11.7.